The number of nitrogens with zero attached hydrogens (tertiary/aromatic N) is 3. The number of benzene rings is 2. The summed E-state index contributed by atoms with van der Waals surface area (Å²) in [6.45, 7) is 1.44. The van der Waals surface area contributed by atoms with Gasteiger partial charge in [-0.05, 0) is 30.3 Å². The van der Waals surface area contributed by atoms with Crippen LogP contribution in [0.2, 0.25) is 0 Å². The molecule has 2 aliphatic heterocycles. The molecule has 162 valence electrons. The molecule has 2 aliphatic rings. The Labute approximate surface area is 178 Å². The van der Waals surface area contributed by atoms with Crippen molar-refractivity contribution in [2.24, 2.45) is 0 Å². The topological polar surface area (TPSA) is 71.4 Å². The molecule has 9 heteroatoms. The molecular formula is C22H22F3N5O. The van der Waals surface area contributed by atoms with Gasteiger partial charge < -0.3 is 15.5 Å². The van der Waals surface area contributed by atoms with E-state index in [1.807, 2.05) is 29.2 Å². The Morgan fingerprint density at radius 2 is 1.97 bits per heavy atom. The van der Waals surface area contributed by atoms with E-state index in [0.717, 1.165) is 11.8 Å². The summed E-state index contributed by atoms with van der Waals surface area (Å²) in [5.74, 6) is -3.29. The lowest BCUT2D eigenvalue weighted by Crippen LogP contribution is -2.55. The van der Waals surface area contributed by atoms with Crippen molar-refractivity contribution >= 4 is 23.1 Å². The van der Waals surface area contributed by atoms with Crippen molar-refractivity contribution < 1.29 is 18.0 Å². The highest BCUT2D eigenvalue weighted by molar-refractivity contribution is 6.05. The minimum atomic E-state index is -2.63. The third kappa shape index (κ3) is 4.59. The number of piperidine rings is 1. The lowest BCUT2D eigenvalue weighted by Gasteiger charge is -2.41. The van der Waals surface area contributed by atoms with Gasteiger partial charge in [0, 0.05) is 44.7 Å². The van der Waals surface area contributed by atoms with Crippen LogP contribution in [0.4, 0.5) is 35.0 Å². The number of alkyl halides is 2. The molecule has 0 spiro atoms. The molecule has 1 fully saturated rings. The van der Waals surface area contributed by atoms with Gasteiger partial charge in [0.1, 0.15) is 11.9 Å². The van der Waals surface area contributed by atoms with Crippen LogP contribution in [0.3, 0.4) is 0 Å². The second kappa shape index (κ2) is 8.47. The van der Waals surface area contributed by atoms with E-state index in [1.54, 1.807) is 11.0 Å². The first-order valence-electron chi connectivity index (χ1n) is 10.1. The number of rotatable bonds is 3. The number of hydrogen-bond acceptors (Lipinski definition) is 4. The Morgan fingerprint density at radius 1 is 1.23 bits per heavy atom. The monoisotopic (exact) mass is 429 g/mol. The molecule has 2 aromatic rings. The van der Waals surface area contributed by atoms with Crippen molar-refractivity contribution in [3.05, 3.63) is 53.8 Å². The number of likely N-dealkylation sites (tertiary alicyclic amines) is 1. The number of carbonyl (C=O) groups is 1. The van der Waals surface area contributed by atoms with Crippen LogP contribution in [-0.2, 0) is 0 Å². The molecule has 2 heterocycles. The van der Waals surface area contributed by atoms with Gasteiger partial charge in [-0.3, -0.25) is 4.90 Å². The zero-order valence-corrected chi connectivity index (χ0v) is 16.7. The molecule has 0 aliphatic carbocycles. The summed E-state index contributed by atoms with van der Waals surface area (Å²) < 4.78 is 40.7. The van der Waals surface area contributed by atoms with Crippen LogP contribution in [0, 0.1) is 17.1 Å². The van der Waals surface area contributed by atoms with Gasteiger partial charge >= 0.3 is 6.03 Å². The molecule has 1 unspecified atom stereocenters. The second-order valence-corrected chi connectivity index (χ2v) is 7.82. The molecule has 1 atom stereocenters. The molecule has 0 aromatic heterocycles. The first-order chi connectivity index (χ1) is 14.9. The van der Waals surface area contributed by atoms with Gasteiger partial charge in [0.05, 0.1) is 23.0 Å². The van der Waals surface area contributed by atoms with E-state index in [0.29, 0.717) is 24.5 Å². The highest BCUT2D eigenvalue weighted by Crippen LogP contribution is 2.33. The number of halogens is 3. The number of fused-ring (bicyclic) bond motifs is 1. The first-order valence-corrected chi connectivity index (χ1v) is 10.1. The van der Waals surface area contributed by atoms with E-state index in [-0.39, 0.29) is 37.5 Å². The van der Waals surface area contributed by atoms with Crippen LogP contribution in [-0.4, -0.2) is 49.1 Å². The fourth-order valence-electron chi connectivity index (χ4n) is 4.00. The van der Waals surface area contributed by atoms with Crippen molar-refractivity contribution in [2.75, 3.05) is 41.7 Å². The number of hydrogen-bond donors (Lipinski definition) is 2. The Hall–Kier alpha value is -3.25. The normalized spacial score (nSPS) is 20.3. The predicted octanol–water partition coefficient (Wildman–Crippen LogP) is 4.26. The molecule has 0 saturated carbocycles. The van der Waals surface area contributed by atoms with Crippen LogP contribution < -0.4 is 15.5 Å². The summed E-state index contributed by atoms with van der Waals surface area (Å²) in [7, 11) is 0. The number of urea groups is 1. The zero-order chi connectivity index (χ0) is 22.0. The fourth-order valence-corrected chi connectivity index (χ4v) is 4.00. The van der Waals surface area contributed by atoms with E-state index in [2.05, 4.69) is 10.6 Å². The maximum Gasteiger partial charge on any atom is 0.326 e. The van der Waals surface area contributed by atoms with Gasteiger partial charge in [-0.25, -0.2) is 18.0 Å². The SMILES string of the molecule is N#Cc1cc(NC(=O)N2c3ccccc3NCC2CN2CCC(F)(F)CC2)ccc1F. The maximum absolute atomic E-state index is 13.6. The molecule has 6 nitrogen and oxygen atoms in total. The average Bonchev–Trinajstić information content (AvgIpc) is 2.76. The van der Waals surface area contributed by atoms with Crippen LogP contribution in [0.5, 0.6) is 0 Å². The first kappa shape index (κ1) is 21.0. The quantitative estimate of drug-likeness (QED) is 0.765. The predicted molar refractivity (Wildman–Crippen MR) is 112 cm³/mol. The van der Waals surface area contributed by atoms with E-state index in [4.69, 9.17) is 5.26 Å². The third-order valence-electron chi connectivity index (χ3n) is 5.67. The van der Waals surface area contributed by atoms with E-state index >= 15 is 0 Å². The zero-order valence-electron chi connectivity index (χ0n) is 16.7. The molecule has 2 aromatic carbocycles. The smallest absolute Gasteiger partial charge is 0.326 e. The molecule has 0 bridgehead atoms. The average molecular weight is 429 g/mol. The van der Waals surface area contributed by atoms with Crippen LogP contribution in [0.1, 0.15) is 18.4 Å². The maximum atomic E-state index is 13.6. The van der Waals surface area contributed by atoms with Gasteiger partial charge in [-0.2, -0.15) is 5.26 Å². The fraction of sp³-hybridized carbons (Fsp3) is 0.364. The summed E-state index contributed by atoms with van der Waals surface area (Å²) in [4.78, 5) is 16.8. The third-order valence-corrected chi connectivity index (χ3v) is 5.67. The van der Waals surface area contributed by atoms with Crippen molar-refractivity contribution in [1.29, 1.82) is 5.26 Å². The molecule has 2 amide bonds. The Bertz CT molecular complexity index is 1010. The number of anilines is 3. The summed E-state index contributed by atoms with van der Waals surface area (Å²) >= 11 is 0. The number of nitrogens with one attached hydrogen (secondary N) is 2. The summed E-state index contributed by atoms with van der Waals surface area (Å²) in [6.07, 6.45) is -0.384. The Morgan fingerprint density at radius 3 is 2.71 bits per heavy atom. The standard InChI is InChI=1S/C22H22F3N5O/c23-18-6-5-16(11-15(18)12-26)28-21(31)30-17(13-27-19-3-1-2-4-20(19)30)14-29-9-7-22(24,25)8-10-29/h1-6,11,17,27H,7-10,13-14H2,(H,28,31). The lowest BCUT2D eigenvalue weighted by atomic mass is 10.0. The minimum absolute atomic E-state index is 0.163. The highest BCUT2D eigenvalue weighted by atomic mass is 19.3. The van der Waals surface area contributed by atoms with Gasteiger partial charge in [-0.15, -0.1) is 0 Å². The summed E-state index contributed by atoms with van der Waals surface area (Å²) in [5.41, 5.74) is 1.59. The van der Waals surface area contributed by atoms with Crippen molar-refractivity contribution in [2.45, 2.75) is 24.8 Å². The van der Waals surface area contributed by atoms with Crippen LogP contribution >= 0.6 is 0 Å². The molecule has 31 heavy (non-hydrogen) atoms. The Balaban J connectivity index is 1.56. The highest BCUT2D eigenvalue weighted by Gasteiger charge is 2.37. The summed E-state index contributed by atoms with van der Waals surface area (Å²) in [6, 6.07) is 12.2. The van der Waals surface area contributed by atoms with Gasteiger partial charge in [0.15, 0.2) is 0 Å². The van der Waals surface area contributed by atoms with Gasteiger partial charge in [-0.1, -0.05) is 12.1 Å². The summed E-state index contributed by atoms with van der Waals surface area (Å²) in [5, 5.41) is 15.1. The minimum Gasteiger partial charge on any atom is -0.381 e. The van der Waals surface area contributed by atoms with Crippen LogP contribution in [0.25, 0.3) is 0 Å². The van der Waals surface area contributed by atoms with Crippen molar-refractivity contribution in [1.82, 2.24) is 4.90 Å². The number of amides is 2. The van der Waals surface area contributed by atoms with Gasteiger partial charge in [0.2, 0.25) is 0 Å². The molecule has 0 radical (unpaired) electrons. The molecule has 2 N–H and O–H groups in total. The van der Waals surface area contributed by atoms with Gasteiger partial charge in [0.25, 0.3) is 5.92 Å². The van der Waals surface area contributed by atoms with E-state index in [9.17, 15) is 18.0 Å². The lowest BCUT2D eigenvalue weighted by molar-refractivity contribution is -0.0556. The Kier molecular flexibility index (Phi) is 5.74. The van der Waals surface area contributed by atoms with Crippen molar-refractivity contribution in [3.63, 3.8) is 0 Å². The molecule has 4 rings (SSSR count). The van der Waals surface area contributed by atoms with Crippen LogP contribution in [0.15, 0.2) is 42.5 Å². The molecular weight excluding hydrogens is 407 g/mol. The number of para-hydroxylation sites is 2. The van der Waals surface area contributed by atoms with Crippen molar-refractivity contribution in [3.8, 4) is 6.07 Å². The van der Waals surface area contributed by atoms with E-state index < -0.39 is 17.8 Å². The number of nitriles is 1. The molecule has 1 saturated heterocycles. The second-order valence-electron chi connectivity index (χ2n) is 7.82. The largest absolute Gasteiger partial charge is 0.381 e. The van der Waals surface area contributed by atoms with E-state index in [1.165, 1.54) is 12.1 Å². The number of carbonyl (C=O) groups excluding carboxylic acids is 1.